The molecule has 188 valence electrons. The third-order valence-corrected chi connectivity index (χ3v) is 6.69. The van der Waals surface area contributed by atoms with Crippen LogP contribution in [-0.2, 0) is 18.3 Å². The van der Waals surface area contributed by atoms with E-state index in [4.69, 9.17) is 0 Å². The lowest BCUT2D eigenvalue weighted by atomic mass is 9.78. The Kier molecular flexibility index (Phi) is 7.38. The molecule has 1 aromatic heterocycles. The predicted octanol–water partition coefficient (Wildman–Crippen LogP) is 7.01. The van der Waals surface area contributed by atoms with Gasteiger partial charge in [-0.25, -0.2) is 0 Å². The van der Waals surface area contributed by atoms with Gasteiger partial charge in [0.2, 0.25) is 0 Å². The number of benzene rings is 3. The Balaban J connectivity index is 2.04. The van der Waals surface area contributed by atoms with Crippen molar-refractivity contribution in [2.24, 2.45) is 0 Å². The SMILES string of the molecule is CCN(Cc1cccn1-c1c(C(F)(F)F)cccc1C(O)(c1ccccc1)c1ccccc1)C(C)C. The molecule has 1 N–H and O–H groups in total. The van der Waals surface area contributed by atoms with Crippen LogP contribution < -0.4 is 0 Å². The molecule has 4 aromatic rings. The van der Waals surface area contributed by atoms with Crippen LogP contribution in [0.4, 0.5) is 13.2 Å². The van der Waals surface area contributed by atoms with E-state index in [9.17, 15) is 18.3 Å². The summed E-state index contributed by atoms with van der Waals surface area (Å²) in [5.41, 5.74) is -0.823. The predicted molar refractivity (Wildman–Crippen MR) is 137 cm³/mol. The van der Waals surface area contributed by atoms with Crippen molar-refractivity contribution in [3.05, 3.63) is 125 Å². The summed E-state index contributed by atoms with van der Waals surface area (Å²) in [5.74, 6) is 0. The maximum Gasteiger partial charge on any atom is 0.418 e. The number of hydrogen-bond donors (Lipinski definition) is 1. The quantitative estimate of drug-likeness (QED) is 0.268. The highest BCUT2D eigenvalue weighted by Crippen LogP contribution is 2.44. The van der Waals surface area contributed by atoms with Crippen LogP contribution in [0.3, 0.4) is 0 Å². The second kappa shape index (κ2) is 10.3. The fraction of sp³-hybridized carbons (Fsp3) is 0.267. The Morgan fingerprint density at radius 3 is 1.83 bits per heavy atom. The van der Waals surface area contributed by atoms with Gasteiger partial charge in [-0.15, -0.1) is 0 Å². The Labute approximate surface area is 210 Å². The van der Waals surface area contributed by atoms with E-state index in [0.717, 1.165) is 12.6 Å². The monoisotopic (exact) mass is 492 g/mol. The molecule has 36 heavy (non-hydrogen) atoms. The summed E-state index contributed by atoms with van der Waals surface area (Å²) in [6.45, 7) is 7.40. The molecule has 0 fully saturated rings. The number of alkyl halides is 3. The van der Waals surface area contributed by atoms with Gasteiger partial charge in [0, 0.05) is 30.0 Å². The molecule has 0 bridgehead atoms. The number of rotatable bonds is 8. The Bertz CT molecular complexity index is 1240. The smallest absolute Gasteiger partial charge is 0.376 e. The lowest BCUT2D eigenvalue weighted by Crippen LogP contribution is -2.33. The summed E-state index contributed by atoms with van der Waals surface area (Å²) in [4.78, 5) is 2.18. The van der Waals surface area contributed by atoms with Crippen molar-refractivity contribution >= 4 is 0 Å². The molecule has 0 atom stereocenters. The first-order valence-electron chi connectivity index (χ1n) is 12.1. The summed E-state index contributed by atoms with van der Waals surface area (Å²) in [7, 11) is 0. The lowest BCUT2D eigenvalue weighted by Gasteiger charge is -2.34. The summed E-state index contributed by atoms with van der Waals surface area (Å²) >= 11 is 0. The number of halogens is 3. The molecule has 0 saturated carbocycles. The number of para-hydroxylation sites is 1. The normalized spacial score (nSPS) is 12.5. The first-order chi connectivity index (χ1) is 17.2. The molecule has 3 nitrogen and oxygen atoms in total. The van der Waals surface area contributed by atoms with Crippen molar-refractivity contribution in [3.63, 3.8) is 0 Å². The molecule has 3 aromatic carbocycles. The number of aliphatic hydroxyl groups is 1. The van der Waals surface area contributed by atoms with Crippen LogP contribution in [0.25, 0.3) is 5.69 Å². The van der Waals surface area contributed by atoms with Crippen LogP contribution in [0.2, 0.25) is 0 Å². The fourth-order valence-corrected chi connectivity index (χ4v) is 4.79. The van der Waals surface area contributed by atoms with E-state index in [1.54, 1.807) is 71.4 Å². The maximum absolute atomic E-state index is 14.5. The highest BCUT2D eigenvalue weighted by molar-refractivity contribution is 5.60. The first kappa shape index (κ1) is 25.7. The van der Waals surface area contributed by atoms with Crippen LogP contribution in [0.15, 0.2) is 97.2 Å². The largest absolute Gasteiger partial charge is 0.418 e. The topological polar surface area (TPSA) is 28.4 Å². The maximum atomic E-state index is 14.5. The Morgan fingerprint density at radius 2 is 1.33 bits per heavy atom. The number of aromatic nitrogens is 1. The van der Waals surface area contributed by atoms with Gasteiger partial charge in [-0.3, -0.25) is 4.90 Å². The summed E-state index contributed by atoms with van der Waals surface area (Å²) in [6, 6.07) is 25.6. The van der Waals surface area contributed by atoms with Gasteiger partial charge in [0.15, 0.2) is 0 Å². The highest BCUT2D eigenvalue weighted by Gasteiger charge is 2.42. The van der Waals surface area contributed by atoms with Gasteiger partial charge in [0.05, 0.1) is 11.3 Å². The minimum Gasteiger partial charge on any atom is -0.376 e. The number of hydrogen-bond acceptors (Lipinski definition) is 2. The van der Waals surface area contributed by atoms with E-state index in [1.165, 1.54) is 6.07 Å². The molecule has 0 unspecified atom stereocenters. The standard InChI is InChI=1S/C30H31F3N2O/c1-4-34(22(2)3)21-25-17-12-20-35(25)28-26(18-11-19-27(28)30(31,32)33)29(36,23-13-7-5-8-14-23)24-15-9-6-10-16-24/h5-20,22,36H,4,21H2,1-3H3. The van der Waals surface area contributed by atoms with Crippen molar-refractivity contribution in [2.45, 2.75) is 45.1 Å². The van der Waals surface area contributed by atoms with Crippen molar-refractivity contribution in [2.75, 3.05) is 6.54 Å². The van der Waals surface area contributed by atoms with E-state index < -0.39 is 17.3 Å². The van der Waals surface area contributed by atoms with Gasteiger partial charge in [0.25, 0.3) is 0 Å². The molecular formula is C30H31F3N2O. The van der Waals surface area contributed by atoms with Crippen LogP contribution >= 0.6 is 0 Å². The average Bonchev–Trinajstić information content (AvgIpc) is 3.34. The van der Waals surface area contributed by atoms with E-state index in [-0.39, 0.29) is 17.3 Å². The Hall–Kier alpha value is -3.35. The molecule has 4 rings (SSSR count). The van der Waals surface area contributed by atoms with E-state index >= 15 is 0 Å². The third kappa shape index (κ3) is 4.84. The second-order valence-electron chi connectivity index (χ2n) is 9.17. The van der Waals surface area contributed by atoms with Crippen LogP contribution in [0.1, 0.15) is 48.7 Å². The van der Waals surface area contributed by atoms with E-state index in [0.29, 0.717) is 23.4 Å². The van der Waals surface area contributed by atoms with Crippen molar-refractivity contribution < 1.29 is 18.3 Å². The molecule has 0 spiro atoms. The summed E-state index contributed by atoms with van der Waals surface area (Å²) < 4.78 is 45.1. The van der Waals surface area contributed by atoms with Gasteiger partial charge in [-0.2, -0.15) is 13.2 Å². The summed E-state index contributed by atoms with van der Waals surface area (Å²) in [6.07, 6.45) is -2.97. The van der Waals surface area contributed by atoms with Gasteiger partial charge < -0.3 is 9.67 Å². The number of nitrogens with zero attached hydrogens (tertiary/aromatic N) is 2. The van der Waals surface area contributed by atoms with Crippen molar-refractivity contribution in [1.82, 2.24) is 9.47 Å². The van der Waals surface area contributed by atoms with Crippen molar-refractivity contribution in [3.8, 4) is 5.69 Å². The first-order valence-corrected chi connectivity index (χ1v) is 12.1. The third-order valence-electron chi connectivity index (χ3n) is 6.69. The van der Waals surface area contributed by atoms with Gasteiger partial charge >= 0.3 is 6.18 Å². The molecule has 1 heterocycles. The highest BCUT2D eigenvalue weighted by atomic mass is 19.4. The van der Waals surface area contributed by atoms with Crippen LogP contribution in [-0.4, -0.2) is 27.2 Å². The van der Waals surface area contributed by atoms with Crippen LogP contribution in [0, 0.1) is 0 Å². The fourth-order valence-electron chi connectivity index (χ4n) is 4.79. The Morgan fingerprint density at radius 1 is 0.778 bits per heavy atom. The van der Waals surface area contributed by atoms with E-state index in [2.05, 4.69) is 18.7 Å². The lowest BCUT2D eigenvalue weighted by molar-refractivity contribution is -0.137. The molecule has 0 saturated heterocycles. The van der Waals surface area contributed by atoms with Gasteiger partial charge in [-0.1, -0.05) is 79.7 Å². The molecule has 0 aliphatic carbocycles. The molecule has 0 radical (unpaired) electrons. The minimum atomic E-state index is -4.62. The molecular weight excluding hydrogens is 461 g/mol. The molecule has 0 amide bonds. The van der Waals surface area contributed by atoms with Gasteiger partial charge in [0.1, 0.15) is 5.60 Å². The van der Waals surface area contributed by atoms with Gasteiger partial charge in [-0.05, 0) is 49.7 Å². The van der Waals surface area contributed by atoms with E-state index in [1.807, 2.05) is 25.1 Å². The molecule has 0 aliphatic rings. The molecule has 6 heteroatoms. The second-order valence-corrected chi connectivity index (χ2v) is 9.17. The minimum absolute atomic E-state index is 0.0694. The zero-order chi connectivity index (χ0) is 25.9. The summed E-state index contributed by atoms with van der Waals surface area (Å²) in [5, 5.41) is 12.4. The van der Waals surface area contributed by atoms with Crippen LogP contribution in [0.5, 0.6) is 0 Å². The van der Waals surface area contributed by atoms with Crippen molar-refractivity contribution in [1.29, 1.82) is 0 Å². The molecule has 0 aliphatic heterocycles. The zero-order valence-corrected chi connectivity index (χ0v) is 20.7. The zero-order valence-electron chi connectivity index (χ0n) is 20.7. The average molecular weight is 493 g/mol.